The maximum absolute atomic E-state index is 12.3. The van der Waals surface area contributed by atoms with E-state index in [-0.39, 0.29) is 5.43 Å². The van der Waals surface area contributed by atoms with Crippen LogP contribution in [0, 0.1) is 6.92 Å². The van der Waals surface area contributed by atoms with E-state index in [0.29, 0.717) is 16.5 Å². The van der Waals surface area contributed by atoms with Crippen LogP contribution in [0.15, 0.2) is 29.1 Å². The first-order valence-corrected chi connectivity index (χ1v) is 7.93. The van der Waals surface area contributed by atoms with Crippen molar-refractivity contribution in [3.8, 4) is 0 Å². The van der Waals surface area contributed by atoms with Crippen LogP contribution in [0.3, 0.4) is 0 Å². The summed E-state index contributed by atoms with van der Waals surface area (Å²) in [7, 11) is 0. The number of nitrogens with one attached hydrogen (secondary N) is 1. The van der Waals surface area contributed by atoms with Crippen molar-refractivity contribution in [3.63, 3.8) is 0 Å². The van der Waals surface area contributed by atoms with Crippen LogP contribution in [0.2, 0.25) is 10.0 Å². The van der Waals surface area contributed by atoms with Gasteiger partial charge in [0.2, 0.25) is 0 Å². The van der Waals surface area contributed by atoms with Crippen LogP contribution in [0.1, 0.15) is 42.3 Å². The number of unbranched alkanes of at least 4 members (excludes halogenated alkanes) is 1. The number of H-pyrrole nitrogens is 1. The van der Waals surface area contributed by atoms with Crippen LogP contribution in [0.4, 0.5) is 0 Å². The fraction of sp³-hybridized carbons (Fsp3) is 0.353. The molecule has 1 heterocycles. The maximum atomic E-state index is 12.3. The van der Waals surface area contributed by atoms with Gasteiger partial charge in [-0.2, -0.15) is 0 Å². The van der Waals surface area contributed by atoms with Gasteiger partial charge in [0, 0.05) is 39.5 Å². The van der Waals surface area contributed by atoms with E-state index < -0.39 is 0 Å². The number of halogens is 2. The van der Waals surface area contributed by atoms with Crippen LogP contribution < -0.4 is 5.43 Å². The zero-order valence-electron chi connectivity index (χ0n) is 12.3. The van der Waals surface area contributed by atoms with Crippen LogP contribution in [-0.4, -0.2) is 4.98 Å². The number of hydrogen-bond donors (Lipinski definition) is 1. The molecule has 0 atom stereocenters. The highest BCUT2D eigenvalue weighted by atomic mass is 35.5. The van der Waals surface area contributed by atoms with Gasteiger partial charge >= 0.3 is 0 Å². The molecule has 0 radical (unpaired) electrons. The molecule has 2 rings (SSSR count). The van der Waals surface area contributed by atoms with Crippen molar-refractivity contribution >= 4 is 23.2 Å². The van der Waals surface area contributed by atoms with Gasteiger partial charge in [0.05, 0.1) is 0 Å². The largest absolute Gasteiger partial charge is 0.362 e. The minimum atomic E-state index is 0.0494. The SMILES string of the molecule is CCCCc1cc(=O)c(Cc2c(Cl)cccc2Cl)c(C)[nH]1. The Morgan fingerprint density at radius 2 is 1.81 bits per heavy atom. The third-order valence-corrected chi connectivity index (χ3v) is 4.33. The summed E-state index contributed by atoms with van der Waals surface area (Å²) in [5.74, 6) is 0. The molecule has 0 amide bonds. The monoisotopic (exact) mass is 323 g/mol. The molecule has 0 aliphatic carbocycles. The average Bonchev–Trinajstić information content (AvgIpc) is 2.43. The van der Waals surface area contributed by atoms with Gasteiger partial charge in [0.25, 0.3) is 0 Å². The minimum Gasteiger partial charge on any atom is -0.362 e. The first-order valence-electron chi connectivity index (χ1n) is 7.17. The lowest BCUT2D eigenvalue weighted by molar-refractivity contribution is 0.770. The van der Waals surface area contributed by atoms with Crippen molar-refractivity contribution in [2.75, 3.05) is 0 Å². The molecule has 0 aliphatic heterocycles. The fourth-order valence-corrected chi connectivity index (χ4v) is 2.91. The topological polar surface area (TPSA) is 32.9 Å². The van der Waals surface area contributed by atoms with E-state index in [1.807, 2.05) is 6.92 Å². The Morgan fingerprint density at radius 1 is 1.14 bits per heavy atom. The minimum absolute atomic E-state index is 0.0494. The third kappa shape index (κ3) is 3.90. The third-order valence-electron chi connectivity index (χ3n) is 3.62. The zero-order valence-corrected chi connectivity index (χ0v) is 13.8. The molecule has 1 N–H and O–H groups in total. The summed E-state index contributed by atoms with van der Waals surface area (Å²) in [6, 6.07) is 7.09. The molecule has 0 spiro atoms. The van der Waals surface area contributed by atoms with E-state index in [1.165, 1.54) is 0 Å². The van der Waals surface area contributed by atoms with Crippen molar-refractivity contribution in [1.29, 1.82) is 0 Å². The molecule has 21 heavy (non-hydrogen) atoms. The number of aryl methyl sites for hydroxylation is 2. The number of benzene rings is 1. The molecule has 1 aromatic carbocycles. The normalized spacial score (nSPS) is 10.9. The molecule has 2 aromatic rings. The fourth-order valence-electron chi connectivity index (χ4n) is 2.38. The zero-order chi connectivity index (χ0) is 15.4. The van der Waals surface area contributed by atoms with Gasteiger partial charge in [-0.05, 0) is 37.5 Å². The molecule has 0 saturated carbocycles. The smallest absolute Gasteiger partial charge is 0.185 e. The van der Waals surface area contributed by atoms with E-state index in [1.54, 1.807) is 24.3 Å². The summed E-state index contributed by atoms with van der Waals surface area (Å²) in [6.45, 7) is 4.07. The van der Waals surface area contributed by atoms with Crippen molar-refractivity contribution in [2.24, 2.45) is 0 Å². The summed E-state index contributed by atoms with van der Waals surface area (Å²) in [5, 5.41) is 1.19. The summed E-state index contributed by atoms with van der Waals surface area (Å²) in [6.07, 6.45) is 3.54. The highest BCUT2D eigenvalue weighted by Gasteiger charge is 2.12. The van der Waals surface area contributed by atoms with Crippen molar-refractivity contribution in [3.05, 3.63) is 67.0 Å². The molecule has 0 bridgehead atoms. The maximum Gasteiger partial charge on any atom is 0.185 e. The van der Waals surface area contributed by atoms with E-state index in [4.69, 9.17) is 23.2 Å². The van der Waals surface area contributed by atoms with Gasteiger partial charge < -0.3 is 4.98 Å². The van der Waals surface area contributed by atoms with E-state index in [2.05, 4.69) is 11.9 Å². The quantitative estimate of drug-likeness (QED) is 0.831. The lowest BCUT2D eigenvalue weighted by Crippen LogP contribution is -2.14. The second-order valence-corrected chi connectivity index (χ2v) is 6.06. The van der Waals surface area contributed by atoms with E-state index in [9.17, 15) is 4.79 Å². The summed E-state index contributed by atoms with van der Waals surface area (Å²) in [4.78, 5) is 15.7. The van der Waals surface area contributed by atoms with Gasteiger partial charge in [0.1, 0.15) is 0 Å². The highest BCUT2D eigenvalue weighted by Crippen LogP contribution is 2.26. The van der Waals surface area contributed by atoms with Crippen LogP contribution in [0.5, 0.6) is 0 Å². The lowest BCUT2D eigenvalue weighted by Gasteiger charge is -2.11. The Morgan fingerprint density at radius 3 is 2.38 bits per heavy atom. The summed E-state index contributed by atoms with van der Waals surface area (Å²) < 4.78 is 0. The molecule has 2 nitrogen and oxygen atoms in total. The first-order chi connectivity index (χ1) is 10.0. The second-order valence-electron chi connectivity index (χ2n) is 5.24. The molecule has 0 saturated heterocycles. The average molecular weight is 324 g/mol. The molecule has 1 aromatic heterocycles. The Labute approximate surface area is 135 Å². The first kappa shape index (κ1) is 16.1. The van der Waals surface area contributed by atoms with Gasteiger partial charge in [-0.1, -0.05) is 42.6 Å². The van der Waals surface area contributed by atoms with Crippen molar-refractivity contribution < 1.29 is 0 Å². The van der Waals surface area contributed by atoms with Crippen LogP contribution in [-0.2, 0) is 12.8 Å². The Kier molecular flexibility index (Phi) is 5.49. The van der Waals surface area contributed by atoms with E-state index >= 15 is 0 Å². The predicted octanol–water partition coefficient (Wildman–Crippen LogP) is 4.92. The van der Waals surface area contributed by atoms with Gasteiger partial charge in [-0.25, -0.2) is 0 Å². The molecule has 0 fully saturated rings. The summed E-state index contributed by atoms with van der Waals surface area (Å²) in [5.41, 5.74) is 3.47. The van der Waals surface area contributed by atoms with Crippen LogP contribution in [0.25, 0.3) is 0 Å². The Hall–Kier alpha value is -1.25. The Bertz CT molecular complexity index is 671. The number of aromatic amines is 1. The predicted molar refractivity (Wildman–Crippen MR) is 89.7 cm³/mol. The van der Waals surface area contributed by atoms with Gasteiger partial charge in [-0.15, -0.1) is 0 Å². The molecule has 4 heteroatoms. The highest BCUT2D eigenvalue weighted by molar-refractivity contribution is 6.36. The van der Waals surface area contributed by atoms with E-state index in [0.717, 1.165) is 41.8 Å². The summed E-state index contributed by atoms with van der Waals surface area (Å²) >= 11 is 12.4. The molecule has 0 aliphatic rings. The standard InChI is InChI=1S/C17H19Cl2NO/c1-3-4-6-12-9-17(21)13(11(2)20-12)10-14-15(18)7-5-8-16(14)19/h5,7-9H,3-4,6,10H2,1-2H3,(H,20,21). The Balaban J connectivity index is 2.35. The van der Waals surface area contributed by atoms with Crippen molar-refractivity contribution in [1.82, 2.24) is 4.98 Å². The number of rotatable bonds is 5. The molecule has 0 unspecified atom stereocenters. The molecular weight excluding hydrogens is 305 g/mol. The van der Waals surface area contributed by atoms with Gasteiger partial charge in [-0.3, -0.25) is 4.79 Å². The number of hydrogen-bond acceptors (Lipinski definition) is 1. The molecular formula is C17H19Cl2NO. The second kappa shape index (κ2) is 7.15. The lowest BCUT2D eigenvalue weighted by atomic mass is 10.0. The molecule has 112 valence electrons. The number of aromatic nitrogens is 1. The van der Waals surface area contributed by atoms with Gasteiger partial charge in [0.15, 0.2) is 5.43 Å². The number of pyridine rings is 1. The van der Waals surface area contributed by atoms with Crippen LogP contribution >= 0.6 is 23.2 Å². The van der Waals surface area contributed by atoms with Crippen molar-refractivity contribution in [2.45, 2.75) is 39.5 Å².